The second-order valence-corrected chi connectivity index (χ2v) is 4.21. The van der Waals surface area contributed by atoms with Crippen LogP contribution in [0, 0.1) is 13.8 Å². The largest absolute Gasteiger partial charge is 0.480 e. The Morgan fingerprint density at radius 2 is 1.81 bits per heavy atom. The molecule has 1 rings (SSSR count). The summed E-state index contributed by atoms with van der Waals surface area (Å²) in [6.07, 6.45) is 0. The fraction of sp³-hybridized carbons (Fsp3) is 0.417. The number of nitrogens with zero attached hydrogens (tertiary/aromatic N) is 1. The predicted molar refractivity (Wildman–Crippen MR) is 64.8 cm³/mol. The van der Waals surface area contributed by atoms with Crippen LogP contribution in [0.1, 0.15) is 22.7 Å². The van der Waals surface area contributed by atoms with Crippen LogP contribution in [0.25, 0.3) is 0 Å². The van der Waals surface area contributed by atoms with Gasteiger partial charge >= 0.3 is 5.97 Å². The van der Waals surface area contributed by atoms with Crippen LogP contribution in [-0.2, 0) is 4.79 Å². The molecular formula is C12H18N2O2. The summed E-state index contributed by atoms with van der Waals surface area (Å²) < 4.78 is 0. The summed E-state index contributed by atoms with van der Waals surface area (Å²) >= 11 is 0. The van der Waals surface area contributed by atoms with E-state index in [1.807, 2.05) is 45.0 Å². The van der Waals surface area contributed by atoms with Gasteiger partial charge in [-0.05, 0) is 31.0 Å². The standard InChI is InChI=1S/C12H18N2O2/c1-7-5-9(11(13)12(15)16)10(14(3)4)6-8(7)2/h5-6,11H,13H2,1-4H3,(H,15,16). The van der Waals surface area contributed by atoms with Crippen molar-refractivity contribution in [2.75, 3.05) is 19.0 Å². The highest BCUT2D eigenvalue weighted by molar-refractivity contribution is 5.78. The van der Waals surface area contributed by atoms with E-state index in [1.165, 1.54) is 0 Å². The number of hydrogen-bond acceptors (Lipinski definition) is 3. The van der Waals surface area contributed by atoms with Gasteiger partial charge in [0.05, 0.1) is 0 Å². The van der Waals surface area contributed by atoms with Crippen molar-refractivity contribution >= 4 is 11.7 Å². The molecule has 0 aromatic heterocycles. The highest BCUT2D eigenvalue weighted by Crippen LogP contribution is 2.27. The lowest BCUT2D eigenvalue weighted by Crippen LogP contribution is -2.24. The summed E-state index contributed by atoms with van der Waals surface area (Å²) in [4.78, 5) is 12.8. The molecule has 0 bridgehead atoms. The summed E-state index contributed by atoms with van der Waals surface area (Å²) in [5.41, 5.74) is 9.36. The van der Waals surface area contributed by atoms with Crippen molar-refractivity contribution in [3.05, 3.63) is 28.8 Å². The van der Waals surface area contributed by atoms with Gasteiger partial charge in [-0.2, -0.15) is 0 Å². The van der Waals surface area contributed by atoms with E-state index >= 15 is 0 Å². The molecule has 0 heterocycles. The van der Waals surface area contributed by atoms with Crippen LogP contribution in [-0.4, -0.2) is 25.2 Å². The summed E-state index contributed by atoms with van der Waals surface area (Å²) in [5, 5.41) is 8.96. The first kappa shape index (κ1) is 12.5. The lowest BCUT2D eigenvalue weighted by molar-refractivity contribution is -0.138. The molecule has 0 amide bonds. The Hall–Kier alpha value is -1.55. The van der Waals surface area contributed by atoms with E-state index in [4.69, 9.17) is 10.8 Å². The van der Waals surface area contributed by atoms with Crippen LogP contribution in [0.15, 0.2) is 12.1 Å². The van der Waals surface area contributed by atoms with E-state index in [-0.39, 0.29) is 0 Å². The van der Waals surface area contributed by atoms with Gasteiger partial charge in [-0.15, -0.1) is 0 Å². The van der Waals surface area contributed by atoms with Crippen molar-refractivity contribution in [2.24, 2.45) is 5.73 Å². The van der Waals surface area contributed by atoms with Crippen molar-refractivity contribution < 1.29 is 9.90 Å². The molecule has 0 aliphatic rings. The average Bonchev–Trinajstić information content (AvgIpc) is 2.19. The number of carboxylic acids is 1. The number of anilines is 1. The zero-order valence-corrected chi connectivity index (χ0v) is 10.1. The third-order valence-electron chi connectivity index (χ3n) is 2.73. The van der Waals surface area contributed by atoms with Crippen molar-refractivity contribution in [1.29, 1.82) is 0 Å². The molecule has 1 aromatic rings. The monoisotopic (exact) mass is 222 g/mol. The van der Waals surface area contributed by atoms with Gasteiger partial charge in [0.15, 0.2) is 0 Å². The molecular weight excluding hydrogens is 204 g/mol. The smallest absolute Gasteiger partial charge is 0.325 e. The second-order valence-electron chi connectivity index (χ2n) is 4.21. The number of nitrogens with two attached hydrogens (primary N) is 1. The summed E-state index contributed by atoms with van der Waals surface area (Å²) in [6, 6.07) is 2.84. The number of benzene rings is 1. The van der Waals surface area contributed by atoms with E-state index in [0.29, 0.717) is 5.56 Å². The zero-order valence-electron chi connectivity index (χ0n) is 10.1. The SMILES string of the molecule is Cc1cc(C(N)C(=O)O)c(N(C)C)cc1C. The maximum Gasteiger partial charge on any atom is 0.325 e. The molecule has 1 unspecified atom stereocenters. The van der Waals surface area contributed by atoms with E-state index in [9.17, 15) is 4.79 Å². The zero-order chi connectivity index (χ0) is 12.5. The molecule has 1 atom stereocenters. The van der Waals surface area contributed by atoms with Gasteiger partial charge in [-0.1, -0.05) is 6.07 Å². The minimum Gasteiger partial charge on any atom is -0.480 e. The third kappa shape index (κ3) is 2.33. The molecule has 0 radical (unpaired) electrons. The predicted octanol–water partition coefficient (Wildman–Crippen LogP) is 1.45. The minimum absolute atomic E-state index is 0.653. The van der Waals surface area contributed by atoms with Crippen LogP contribution >= 0.6 is 0 Å². The number of carbonyl (C=O) groups is 1. The average molecular weight is 222 g/mol. The van der Waals surface area contributed by atoms with Crippen LogP contribution in [0.3, 0.4) is 0 Å². The molecule has 0 saturated heterocycles. The quantitative estimate of drug-likeness (QED) is 0.812. The normalized spacial score (nSPS) is 12.3. The minimum atomic E-state index is -1.01. The Bertz CT molecular complexity index is 414. The molecule has 0 aliphatic heterocycles. The van der Waals surface area contributed by atoms with Crippen LogP contribution in [0.5, 0.6) is 0 Å². The highest BCUT2D eigenvalue weighted by Gasteiger charge is 2.19. The van der Waals surface area contributed by atoms with Crippen LogP contribution in [0.4, 0.5) is 5.69 Å². The Balaban J connectivity index is 3.35. The Morgan fingerprint density at radius 1 is 1.31 bits per heavy atom. The molecule has 16 heavy (non-hydrogen) atoms. The van der Waals surface area contributed by atoms with Gasteiger partial charge in [-0.3, -0.25) is 4.79 Å². The number of aryl methyl sites for hydroxylation is 2. The van der Waals surface area contributed by atoms with E-state index < -0.39 is 12.0 Å². The third-order valence-corrected chi connectivity index (χ3v) is 2.73. The van der Waals surface area contributed by atoms with Crippen molar-refractivity contribution in [3.63, 3.8) is 0 Å². The molecule has 4 nitrogen and oxygen atoms in total. The van der Waals surface area contributed by atoms with Crippen LogP contribution in [0.2, 0.25) is 0 Å². The van der Waals surface area contributed by atoms with Gasteiger partial charge in [0.1, 0.15) is 6.04 Å². The number of rotatable bonds is 3. The van der Waals surface area contributed by atoms with Gasteiger partial charge < -0.3 is 15.7 Å². The Labute approximate surface area is 95.7 Å². The number of aliphatic carboxylic acids is 1. The molecule has 0 saturated carbocycles. The summed E-state index contributed by atoms with van der Waals surface area (Å²) in [5.74, 6) is -1.01. The molecule has 1 aromatic carbocycles. The van der Waals surface area contributed by atoms with Gasteiger partial charge in [-0.25, -0.2) is 0 Å². The molecule has 88 valence electrons. The second kappa shape index (κ2) is 4.53. The highest BCUT2D eigenvalue weighted by atomic mass is 16.4. The molecule has 4 heteroatoms. The van der Waals surface area contributed by atoms with Crippen molar-refractivity contribution in [1.82, 2.24) is 0 Å². The molecule has 0 aliphatic carbocycles. The number of carboxylic acid groups (broad SMARTS) is 1. The van der Waals surface area contributed by atoms with Crippen molar-refractivity contribution in [3.8, 4) is 0 Å². The lowest BCUT2D eigenvalue weighted by atomic mass is 9.98. The lowest BCUT2D eigenvalue weighted by Gasteiger charge is -2.21. The molecule has 0 spiro atoms. The maximum absolute atomic E-state index is 10.9. The topological polar surface area (TPSA) is 66.6 Å². The van der Waals surface area contributed by atoms with Gasteiger partial charge in [0.25, 0.3) is 0 Å². The molecule has 0 fully saturated rings. The fourth-order valence-electron chi connectivity index (χ4n) is 1.59. The van der Waals surface area contributed by atoms with Gasteiger partial charge in [0, 0.05) is 25.3 Å². The Morgan fingerprint density at radius 3 is 2.25 bits per heavy atom. The summed E-state index contributed by atoms with van der Waals surface area (Å²) in [7, 11) is 3.75. The fourth-order valence-corrected chi connectivity index (χ4v) is 1.59. The summed E-state index contributed by atoms with van der Waals surface area (Å²) in [6.45, 7) is 3.95. The maximum atomic E-state index is 10.9. The first-order chi connectivity index (χ1) is 7.34. The molecule has 3 N–H and O–H groups in total. The Kier molecular flexibility index (Phi) is 3.55. The van der Waals surface area contributed by atoms with Gasteiger partial charge in [0.2, 0.25) is 0 Å². The van der Waals surface area contributed by atoms with Crippen LogP contribution < -0.4 is 10.6 Å². The first-order valence-electron chi connectivity index (χ1n) is 5.11. The van der Waals surface area contributed by atoms with E-state index in [0.717, 1.165) is 16.8 Å². The first-order valence-corrected chi connectivity index (χ1v) is 5.11. The number of hydrogen-bond donors (Lipinski definition) is 2. The van der Waals surface area contributed by atoms with E-state index in [1.54, 1.807) is 0 Å². The van der Waals surface area contributed by atoms with Crippen molar-refractivity contribution in [2.45, 2.75) is 19.9 Å². The van der Waals surface area contributed by atoms with E-state index in [2.05, 4.69) is 0 Å².